The van der Waals surface area contributed by atoms with Gasteiger partial charge in [-0.15, -0.1) is 11.3 Å². The van der Waals surface area contributed by atoms with E-state index in [-0.39, 0.29) is 5.56 Å². The Morgan fingerprint density at radius 2 is 2.39 bits per heavy atom. The lowest BCUT2D eigenvalue weighted by atomic mass is 10.2. The normalized spacial score (nSPS) is 10.3. The van der Waals surface area contributed by atoms with E-state index in [4.69, 9.17) is 9.84 Å². The molecule has 2 aromatic heterocycles. The standard InChI is InChI=1S/C12H12N2O3S/c1-8-11(18-7-14-8)3-5-17-10-2-4-13-6-9(10)12(15)16/h2,4,6-7H,3,5H2,1H3,(H,15,16). The van der Waals surface area contributed by atoms with Gasteiger partial charge in [-0.25, -0.2) is 9.78 Å². The van der Waals surface area contributed by atoms with Crippen molar-refractivity contribution in [1.29, 1.82) is 0 Å². The molecule has 18 heavy (non-hydrogen) atoms. The van der Waals surface area contributed by atoms with Crippen LogP contribution in [0.2, 0.25) is 0 Å². The first-order chi connectivity index (χ1) is 8.68. The van der Waals surface area contributed by atoms with Gasteiger partial charge in [0.05, 0.1) is 17.8 Å². The van der Waals surface area contributed by atoms with E-state index in [1.165, 1.54) is 12.4 Å². The molecule has 0 amide bonds. The molecule has 94 valence electrons. The number of nitrogens with zero attached hydrogens (tertiary/aromatic N) is 2. The van der Waals surface area contributed by atoms with Gasteiger partial charge in [0.1, 0.15) is 11.3 Å². The maximum atomic E-state index is 10.9. The van der Waals surface area contributed by atoms with Crippen LogP contribution in [0, 0.1) is 6.92 Å². The summed E-state index contributed by atoms with van der Waals surface area (Å²) < 4.78 is 5.48. The fourth-order valence-corrected chi connectivity index (χ4v) is 2.25. The number of pyridine rings is 1. The van der Waals surface area contributed by atoms with Crippen LogP contribution >= 0.6 is 11.3 Å². The molecule has 0 saturated heterocycles. The zero-order valence-corrected chi connectivity index (χ0v) is 10.6. The molecule has 0 radical (unpaired) electrons. The lowest BCUT2D eigenvalue weighted by Gasteiger charge is -2.07. The number of carbonyl (C=O) groups is 1. The van der Waals surface area contributed by atoms with Crippen LogP contribution in [0.3, 0.4) is 0 Å². The molecule has 2 aromatic rings. The Hall–Kier alpha value is -1.95. The molecule has 0 saturated carbocycles. The van der Waals surface area contributed by atoms with Gasteiger partial charge < -0.3 is 9.84 Å². The van der Waals surface area contributed by atoms with Crippen LogP contribution in [0.4, 0.5) is 0 Å². The summed E-state index contributed by atoms with van der Waals surface area (Å²) >= 11 is 1.58. The number of hydrogen-bond acceptors (Lipinski definition) is 5. The second kappa shape index (κ2) is 5.59. The topological polar surface area (TPSA) is 72.3 Å². The van der Waals surface area contributed by atoms with E-state index in [0.29, 0.717) is 12.4 Å². The maximum Gasteiger partial charge on any atom is 0.341 e. The first-order valence-corrected chi connectivity index (χ1v) is 6.25. The quantitative estimate of drug-likeness (QED) is 0.896. The molecule has 0 aliphatic rings. The van der Waals surface area contributed by atoms with E-state index in [2.05, 4.69) is 9.97 Å². The van der Waals surface area contributed by atoms with Gasteiger partial charge in [-0.2, -0.15) is 0 Å². The number of carboxylic acid groups (broad SMARTS) is 1. The average molecular weight is 264 g/mol. The monoisotopic (exact) mass is 264 g/mol. The van der Waals surface area contributed by atoms with Crippen molar-refractivity contribution < 1.29 is 14.6 Å². The van der Waals surface area contributed by atoms with E-state index in [9.17, 15) is 4.79 Å². The van der Waals surface area contributed by atoms with Crippen LogP contribution < -0.4 is 4.74 Å². The molecular formula is C12H12N2O3S. The predicted molar refractivity (Wildman–Crippen MR) is 67.2 cm³/mol. The number of aromatic carboxylic acids is 1. The number of ether oxygens (including phenoxy) is 1. The fourth-order valence-electron chi connectivity index (χ4n) is 1.49. The Morgan fingerprint density at radius 3 is 3.06 bits per heavy atom. The first-order valence-electron chi connectivity index (χ1n) is 5.37. The minimum atomic E-state index is -1.04. The predicted octanol–water partition coefficient (Wildman–Crippen LogP) is 2.17. The van der Waals surface area contributed by atoms with Crippen molar-refractivity contribution in [2.45, 2.75) is 13.3 Å². The number of hydrogen-bond donors (Lipinski definition) is 1. The summed E-state index contributed by atoms with van der Waals surface area (Å²) in [6.45, 7) is 2.37. The molecule has 0 fully saturated rings. The van der Waals surface area contributed by atoms with Crippen LogP contribution in [-0.4, -0.2) is 27.7 Å². The SMILES string of the molecule is Cc1ncsc1CCOc1ccncc1C(=O)O. The van der Waals surface area contributed by atoms with Gasteiger partial charge in [-0.3, -0.25) is 4.98 Å². The van der Waals surface area contributed by atoms with Crippen LogP contribution in [0.25, 0.3) is 0 Å². The molecular weight excluding hydrogens is 252 g/mol. The largest absolute Gasteiger partial charge is 0.492 e. The van der Waals surface area contributed by atoms with Gasteiger partial charge in [-0.1, -0.05) is 0 Å². The van der Waals surface area contributed by atoms with Crippen molar-refractivity contribution in [3.05, 3.63) is 40.1 Å². The number of aryl methyl sites for hydroxylation is 1. The molecule has 1 N–H and O–H groups in total. The van der Waals surface area contributed by atoms with Crippen molar-refractivity contribution >= 4 is 17.3 Å². The third-order valence-electron chi connectivity index (χ3n) is 2.44. The van der Waals surface area contributed by atoms with E-state index < -0.39 is 5.97 Å². The molecule has 0 unspecified atom stereocenters. The molecule has 6 heteroatoms. The minimum Gasteiger partial charge on any atom is -0.492 e. The Labute approximate surface area is 108 Å². The Kier molecular flexibility index (Phi) is 3.88. The number of aromatic nitrogens is 2. The summed E-state index contributed by atoms with van der Waals surface area (Å²) in [5, 5.41) is 8.97. The molecule has 0 aliphatic carbocycles. The Balaban J connectivity index is 1.99. The lowest BCUT2D eigenvalue weighted by Crippen LogP contribution is -2.06. The van der Waals surface area contributed by atoms with E-state index in [0.717, 1.165) is 17.0 Å². The smallest absolute Gasteiger partial charge is 0.341 e. The number of carboxylic acids is 1. The number of rotatable bonds is 5. The molecule has 5 nitrogen and oxygen atoms in total. The van der Waals surface area contributed by atoms with E-state index in [1.807, 2.05) is 6.92 Å². The lowest BCUT2D eigenvalue weighted by molar-refractivity contribution is 0.0692. The van der Waals surface area contributed by atoms with Gasteiger partial charge in [0.15, 0.2) is 0 Å². The van der Waals surface area contributed by atoms with Crippen molar-refractivity contribution in [1.82, 2.24) is 9.97 Å². The number of thiazole rings is 1. The van der Waals surface area contributed by atoms with Crippen LogP contribution in [0.15, 0.2) is 24.0 Å². The molecule has 2 rings (SSSR count). The van der Waals surface area contributed by atoms with Crippen LogP contribution in [-0.2, 0) is 6.42 Å². The molecule has 0 spiro atoms. The highest BCUT2D eigenvalue weighted by Gasteiger charge is 2.11. The van der Waals surface area contributed by atoms with Gasteiger partial charge in [-0.05, 0) is 13.0 Å². The van der Waals surface area contributed by atoms with Gasteiger partial charge >= 0.3 is 5.97 Å². The second-order valence-corrected chi connectivity index (χ2v) is 4.58. The van der Waals surface area contributed by atoms with Gasteiger partial charge in [0.25, 0.3) is 0 Å². The van der Waals surface area contributed by atoms with Crippen LogP contribution in [0.1, 0.15) is 20.9 Å². The third-order valence-corrected chi connectivity index (χ3v) is 3.44. The van der Waals surface area contributed by atoms with Gasteiger partial charge in [0.2, 0.25) is 0 Å². The highest BCUT2D eigenvalue weighted by molar-refractivity contribution is 7.09. The van der Waals surface area contributed by atoms with Crippen molar-refractivity contribution in [2.24, 2.45) is 0 Å². The summed E-state index contributed by atoms with van der Waals surface area (Å²) in [4.78, 5) is 20.0. The fraction of sp³-hybridized carbons (Fsp3) is 0.250. The molecule has 2 heterocycles. The first kappa shape index (κ1) is 12.5. The molecule has 0 aromatic carbocycles. The molecule has 0 bridgehead atoms. The zero-order valence-electron chi connectivity index (χ0n) is 9.79. The third kappa shape index (κ3) is 2.84. The van der Waals surface area contributed by atoms with Crippen molar-refractivity contribution in [3.63, 3.8) is 0 Å². The highest BCUT2D eigenvalue weighted by atomic mass is 32.1. The van der Waals surface area contributed by atoms with Crippen molar-refractivity contribution in [3.8, 4) is 5.75 Å². The molecule has 0 atom stereocenters. The van der Waals surface area contributed by atoms with Gasteiger partial charge in [0, 0.05) is 23.7 Å². The summed E-state index contributed by atoms with van der Waals surface area (Å²) in [6, 6.07) is 1.56. The minimum absolute atomic E-state index is 0.0820. The summed E-state index contributed by atoms with van der Waals surface area (Å²) in [6.07, 6.45) is 3.52. The van der Waals surface area contributed by atoms with E-state index >= 15 is 0 Å². The Bertz CT molecular complexity index is 554. The summed E-state index contributed by atoms with van der Waals surface area (Å²) in [5.74, 6) is -0.688. The second-order valence-electron chi connectivity index (χ2n) is 3.64. The van der Waals surface area contributed by atoms with Crippen LogP contribution in [0.5, 0.6) is 5.75 Å². The highest BCUT2D eigenvalue weighted by Crippen LogP contribution is 2.18. The Morgan fingerprint density at radius 1 is 1.56 bits per heavy atom. The van der Waals surface area contributed by atoms with E-state index in [1.54, 1.807) is 22.9 Å². The maximum absolute atomic E-state index is 10.9. The van der Waals surface area contributed by atoms with Crippen molar-refractivity contribution in [2.75, 3.05) is 6.61 Å². The summed E-state index contributed by atoms with van der Waals surface area (Å²) in [5.41, 5.74) is 2.87. The summed E-state index contributed by atoms with van der Waals surface area (Å²) in [7, 11) is 0. The zero-order chi connectivity index (χ0) is 13.0. The average Bonchev–Trinajstić information content (AvgIpc) is 2.76. The molecule has 0 aliphatic heterocycles.